The fourth-order valence-electron chi connectivity index (χ4n) is 2.10. The van der Waals surface area contributed by atoms with Gasteiger partial charge in [0.15, 0.2) is 5.13 Å². The lowest BCUT2D eigenvalue weighted by Crippen LogP contribution is -1.97. The average Bonchev–Trinajstić information content (AvgIpc) is 2.89. The van der Waals surface area contributed by atoms with Crippen molar-refractivity contribution in [2.75, 3.05) is 17.2 Å². The van der Waals surface area contributed by atoms with Crippen LogP contribution in [0.25, 0.3) is 10.6 Å². The zero-order valence-electron chi connectivity index (χ0n) is 12.8. The van der Waals surface area contributed by atoms with Gasteiger partial charge in [-0.25, -0.2) is 15.0 Å². The Morgan fingerprint density at radius 2 is 2.09 bits per heavy atom. The number of benzene rings is 1. The summed E-state index contributed by atoms with van der Waals surface area (Å²) in [7, 11) is 0. The Bertz CT molecular complexity index is 818. The van der Waals surface area contributed by atoms with E-state index in [0.29, 0.717) is 5.95 Å². The van der Waals surface area contributed by atoms with Gasteiger partial charge >= 0.3 is 0 Å². The lowest BCUT2D eigenvalue weighted by Gasteiger charge is -2.06. The normalized spacial score (nSPS) is 10.6. The van der Waals surface area contributed by atoms with E-state index in [0.717, 1.165) is 38.1 Å². The van der Waals surface area contributed by atoms with Crippen molar-refractivity contribution in [2.45, 2.75) is 13.8 Å². The van der Waals surface area contributed by atoms with E-state index >= 15 is 0 Å². The lowest BCUT2D eigenvalue weighted by atomic mass is 10.3. The highest BCUT2D eigenvalue weighted by Gasteiger charge is 2.11. The van der Waals surface area contributed by atoms with Crippen LogP contribution in [0.1, 0.15) is 12.6 Å². The Balaban J connectivity index is 1.88. The Morgan fingerprint density at radius 3 is 2.87 bits per heavy atom. The first-order chi connectivity index (χ1) is 11.2. The molecule has 0 radical (unpaired) electrons. The molecule has 5 nitrogen and oxygen atoms in total. The van der Waals surface area contributed by atoms with Gasteiger partial charge in [0, 0.05) is 22.9 Å². The van der Waals surface area contributed by atoms with Crippen molar-refractivity contribution in [1.82, 2.24) is 15.0 Å². The topological polar surface area (TPSA) is 62.7 Å². The van der Waals surface area contributed by atoms with Crippen LogP contribution in [0.5, 0.6) is 0 Å². The van der Waals surface area contributed by atoms with Crippen molar-refractivity contribution in [2.24, 2.45) is 0 Å². The zero-order chi connectivity index (χ0) is 16.2. The van der Waals surface area contributed by atoms with Crippen LogP contribution in [0.3, 0.4) is 0 Å². The molecule has 0 saturated heterocycles. The summed E-state index contributed by atoms with van der Waals surface area (Å²) in [5, 5.41) is 7.38. The summed E-state index contributed by atoms with van der Waals surface area (Å²) >= 11 is 5.07. The maximum atomic E-state index is 4.61. The molecule has 0 spiro atoms. The summed E-state index contributed by atoms with van der Waals surface area (Å²) in [6, 6.07) is 9.80. The number of hydrogen-bond donors (Lipinski definition) is 2. The molecule has 0 unspecified atom stereocenters. The lowest BCUT2D eigenvalue weighted by molar-refractivity contribution is 1.15. The molecule has 23 heavy (non-hydrogen) atoms. The molecule has 0 aliphatic carbocycles. The molecule has 2 N–H and O–H groups in total. The molecule has 2 heterocycles. The summed E-state index contributed by atoms with van der Waals surface area (Å²) in [5.74, 6) is 0.568. The standard InChI is InChI=1S/C16H16BrN5S/c1-3-18-16-20-10(2)14(23-16)13-7-8-19-15(22-13)21-12-6-4-5-11(17)9-12/h4-9H,3H2,1-2H3,(H,18,20)(H,19,21,22). The van der Waals surface area contributed by atoms with E-state index in [1.54, 1.807) is 17.5 Å². The summed E-state index contributed by atoms with van der Waals surface area (Å²) in [6.45, 7) is 4.91. The molecule has 0 atom stereocenters. The highest BCUT2D eigenvalue weighted by Crippen LogP contribution is 2.32. The van der Waals surface area contributed by atoms with E-state index in [4.69, 9.17) is 0 Å². The Kier molecular flexibility index (Phi) is 4.88. The number of anilines is 3. The van der Waals surface area contributed by atoms with Crippen LogP contribution in [-0.4, -0.2) is 21.5 Å². The fraction of sp³-hybridized carbons (Fsp3) is 0.188. The number of nitrogens with zero attached hydrogens (tertiary/aromatic N) is 3. The van der Waals surface area contributed by atoms with Gasteiger partial charge in [0.25, 0.3) is 0 Å². The second kappa shape index (κ2) is 7.06. The number of halogens is 1. The molecule has 0 aliphatic heterocycles. The number of aromatic nitrogens is 3. The zero-order valence-corrected chi connectivity index (χ0v) is 15.2. The van der Waals surface area contributed by atoms with E-state index in [1.165, 1.54) is 0 Å². The van der Waals surface area contributed by atoms with Gasteiger partial charge in [-0.3, -0.25) is 0 Å². The monoisotopic (exact) mass is 389 g/mol. The molecule has 0 fully saturated rings. The maximum Gasteiger partial charge on any atom is 0.227 e. The van der Waals surface area contributed by atoms with E-state index in [1.807, 2.05) is 37.3 Å². The van der Waals surface area contributed by atoms with Crippen molar-refractivity contribution < 1.29 is 0 Å². The van der Waals surface area contributed by atoms with E-state index in [9.17, 15) is 0 Å². The molecule has 0 saturated carbocycles. The molecule has 3 rings (SSSR count). The Morgan fingerprint density at radius 1 is 1.22 bits per heavy atom. The third kappa shape index (κ3) is 3.86. The quantitative estimate of drug-likeness (QED) is 0.652. The number of nitrogens with one attached hydrogen (secondary N) is 2. The van der Waals surface area contributed by atoms with Gasteiger partial charge in [-0.1, -0.05) is 33.3 Å². The van der Waals surface area contributed by atoms with Gasteiger partial charge in [0.2, 0.25) is 5.95 Å². The summed E-state index contributed by atoms with van der Waals surface area (Å²) in [6.07, 6.45) is 1.76. The minimum atomic E-state index is 0.568. The second-order valence-corrected chi connectivity index (χ2v) is 6.78. The molecular weight excluding hydrogens is 374 g/mol. The first-order valence-electron chi connectivity index (χ1n) is 7.23. The van der Waals surface area contributed by atoms with E-state index in [-0.39, 0.29) is 0 Å². The number of hydrogen-bond acceptors (Lipinski definition) is 6. The van der Waals surface area contributed by atoms with Crippen LogP contribution in [-0.2, 0) is 0 Å². The van der Waals surface area contributed by atoms with Crippen LogP contribution in [0.2, 0.25) is 0 Å². The molecule has 118 valence electrons. The van der Waals surface area contributed by atoms with Crippen LogP contribution >= 0.6 is 27.3 Å². The molecule has 0 aliphatic rings. The largest absolute Gasteiger partial charge is 0.362 e. The predicted molar refractivity (Wildman–Crippen MR) is 99.5 cm³/mol. The SMILES string of the molecule is CCNc1nc(C)c(-c2ccnc(Nc3cccc(Br)c3)n2)s1. The smallest absolute Gasteiger partial charge is 0.227 e. The molecule has 0 bridgehead atoms. The third-order valence-electron chi connectivity index (χ3n) is 3.09. The van der Waals surface area contributed by atoms with Gasteiger partial charge in [-0.15, -0.1) is 0 Å². The highest BCUT2D eigenvalue weighted by atomic mass is 79.9. The summed E-state index contributed by atoms with van der Waals surface area (Å²) < 4.78 is 1.01. The number of rotatable bonds is 5. The Labute approximate surface area is 147 Å². The third-order valence-corrected chi connectivity index (χ3v) is 4.72. The molecule has 3 aromatic rings. The predicted octanol–water partition coefficient (Wildman–Crippen LogP) is 4.85. The minimum Gasteiger partial charge on any atom is -0.362 e. The molecular formula is C16H16BrN5S. The van der Waals surface area contributed by atoms with Crippen LogP contribution in [0.15, 0.2) is 41.0 Å². The fourth-order valence-corrected chi connectivity index (χ4v) is 3.50. The van der Waals surface area contributed by atoms with Gasteiger partial charge in [0.05, 0.1) is 16.3 Å². The van der Waals surface area contributed by atoms with Crippen LogP contribution < -0.4 is 10.6 Å². The van der Waals surface area contributed by atoms with Crippen molar-refractivity contribution in [3.63, 3.8) is 0 Å². The summed E-state index contributed by atoms with van der Waals surface area (Å²) in [5.41, 5.74) is 2.78. The van der Waals surface area contributed by atoms with Gasteiger partial charge in [0.1, 0.15) is 0 Å². The molecule has 0 amide bonds. The maximum absolute atomic E-state index is 4.61. The van der Waals surface area contributed by atoms with Gasteiger partial charge in [-0.05, 0) is 38.1 Å². The summed E-state index contributed by atoms with van der Waals surface area (Å²) in [4.78, 5) is 14.5. The van der Waals surface area contributed by atoms with Gasteiger partial charge < -0.3 is 10.6 Å². The van der Waals surface area contributed by atoms with E-state index in [2.05, 4.69) is 48.4 Å². The first kappa shape index (κ1) is 15.9. The first-order valence-corrected chi connectivity index (χ1v) is 8.84. The number of thiazole rings is 1. The van der Waals surface area contributed by atoms with Crippen LogP contribution in [0.4, 0.5) is 16.8 Å². The Hall–Kier alpha value is -1.99. The number of aryl methyl sites for hydroxylation is 1. The minimum absolute atomic E-state index is 0.568. The average molecular weight is 390 g/mol. The van der Waals surface area contributed by atoms with Crippen molar-refractivity contribution in [3.05, 3.63) is 46.7 Å². The van der Waals surface area contributed by atoms with Crippen molar-refractivity contribution in [3.8, 4) is 10.6 Å². The molecule has 1 aromatic carbocycles. The van der Waals surface area contributed by atoms with E-state index < -0.39 is 0 Å². The van der Waals surface area contributed by atoms with Crippen molar-refractivity contribution in [1.29, 1.82) is 0 Å². The highest BCUT2D eigenvalue weighted by molar-refractivity contribution is 9.10. The van der Waals surface area contributed by atoms with Gasteiger partial charge in [-0.2, -0.15) is 0 Å². The molecule has 2 aromatic heterocycles. The van der Waals surface area contributed by atoms with Crippen molar-refractivity contribution >= 4 is 44.0 Å². The van der Waals surface area contributed by atoms with Crippen LogP contribution in [0, 0.1) is 6.92 Å². The molecule has 7 heteroatoms. The second-order valence-electron chi connectivity index (χ2n) is 4.86.